The van der Waals surface area contributed by atoms with Crippen LogP contribution in [0.15, 0.2) is 6.33 Å². The van der Waals surface area contributed by atoms with Gasteiger partial charge >= 0.3 is 11.7 Å². The van der Waals surface area contributed by atoms with Crippen LogP contribution in [-0.2, 0) is 4.79 Å². The van der Waals surface area contributed by atoms with Gasteiger partial charge in [0.25, 0.3) is 5.88 Å². The summed E-state index contributed by atoms with van der Waals surface area (Å²) in [5.41, 5.74) is -1.13. The number of aliphatic carboxylic acids is 1. The Morgan fingerprint density at radius 3 is 2.50 bits per heavy atom. The Balaban J connectivity index is 3.47. The number of hydrogen-bond acceptors (Lipinski definition) is 7. The molecule has 1 aromatic heterocycles. The summed E-state index contributed by atoms with van der Waals surface area (Å²) in [6.07, 6.45) is 1.10. The highest BCUT2D eigenvalue weighted by Crippen LogP contribution is 2.35. The molecule has 0 atom stereocenters. The molecule has 0 amide bonds. The first-order valence-electron chi connectivity index (χ1n) is 5.71. The van der Waals surface area contributed by atoms with Gasteiger partial charge in [-0.3, -0.25) is 14.9 Å². The number of rotatable bonds is 5. The molecule has 110 valence electrons. The van der Waals surface area contributed by atoms with Crippen LogP contribution in [0.1, 0.15) is 20.8 Å². The van der Waals surface area contributed by atoms with E-state index < -0.39 is 28.7 Å². The van der Waals surface area contributed by atoms with Gasteiger partial charge in [0, 0.05) is 5.54 Å². The third kappa shape index (κ3) is 3.31. The molecule has 0 saturated carbocycles. The fourth-order valence-corrected chi connectivity index (χ4v) is 1.63. The van der Waals surface area contributed by atoms with Gasteiger partial charge in [-0.25, -0.2) is 4.98 Å². The van der Waals surface area contributed by atoms with Crippen molar-refractivity contribution >= 4 is 17.5 Å². The van der Waals surface area contributed by atoms with Crippen LogP contribution in [0.2, 0.25) is 0 Å². The Kier molecular flexibility index (Phi) is 4.43. The molecule has 1 aromatic rings. The normalized spacial score (nSPS) is 11.0. The summed E-state index contributed by atoms with van der Waals surface area (Å²) in [6, 6.07) is 0. The second kappa shape index (κ2) is 5.68. The van der Waals surface area contributed by atoms with Crippen LogP contribution in [0, 0.1) is 10.1 Å². The summed E-state index contributed by atoms with van der Waals surface area (Å²) in [7, 11) is 1.25. The molecule has 0 fully saturated rings. The fraction of sp³-hybridized carbons (Fsp3) is 0.545. The molecule has 0 aromatic carbocycles. The molecule has 9 nitrogen and oxygen atoms in total. The van der Waals surface area contributed by atoms with Crippen LogP contribution in [0.4, 0.5) is 11.5 Å². The lowest BCUT2D eigenvalue weighted by Gasteiger charge is -2.34. The Hall–Kier alpha value is -2.45. The van der Waals surface area contributed by atoms with Crippen LogP contribution in [0.5, 0.6) is 5.88 Å². The molecule has 20 heavy (non-hydrogen) atoms. The van der Waals surface area contributed by atoms with Crippen molar-refractivity contribution in [2.45, 2.75) is 26.3 Å². The lowest BCUT2D eigenvalue weighted by atomic mass is 10.1. The van der Waals surface area contributed by atoms with Gasteiger partial charge in [-0.05, 0) is 20.8 Å². The molecular formula is C11H16N4O5. The van der Waals surface area contributed by atoms with E-state index >= 15 is 0 Å². The van der Waals surface area contributed by atoms with Crippen molar-refractivity contribution in [3.63, 3.8) is 0 Å². The summed E-state index contributed by atoms with van der Waals surface area (Å²) in [5, 5.41) is 20.2. The van der Waals surface area contributed by atoms with Crippen molar-refractivity contribution < 1.29 is 19.6 Å². The maximum absolute atomic E-state index is 11.2. The number of nitrogens with zero attached hydrogens (tertiary/aromatic N) is 4. The van der Waals surface area contributed by atoms with E-state index in [4.69, 9.17) is 9.84 Å². The minimum atomic E-state index is -1.12. The smallest absolute Gasteiger partial charge is 0.372 e. The van der Waals surface area contributed by atoms with Crippen LogP contribution in [0.3, 0.4) is 0 Å². The zero-order valence-corrected chi connectivity index (χ0v) is 11.7. The summed E-state index contributed by atoms with van der Waals surface area (Å²) in [6.45, 7) is 4.77. The van der Waals surface area contributed by atoms with Crippen LogP contribution < -0.4 is 9.64 Å². The van der Waals surface area contributed by atoms with Crippen molar-refractivity contribution in [3.05, 3.63) is 16.4 Å². The van der Waals surface area contributed by atoms with Gasteiger partial charge in [0.1, 0.15) is 12.9 Å². The first kappa shape index (κ1) is 15.6. The highest BCUT2D eigenvalue weighted by atomic mass is 16.6. The lowest BCUT2D eigenvalue weighted by molar-refractivity contribution is -0.385. The van der Waals surface area contributed by atoms with Gasteiger partial charge in [-0.1, -0.05) is 0 Å². The quantitative estimate of drug-likeness (QED) is 0.630. The third-order valence-corrected chi connectivity index (χ3v) is 2.50. The van der Waals surface area contributed by atoms with Crippen molar-refractivity contribution in [1.29, 1.82) is 0 Å². The van der Waals surface area contributed by atoms with E-state index in [0.29, 0.717) is 0 Å². The molecule has 0 spiro atoms. The van der Waals surface area contributed by atoms with E-state index in [1.807, 2.05) is 0 Å². The number of nitro groups is 1. The topological polar surface area (TPSA) is 119 Å². The number of carboxylic acids is 1. The Labute approximate surface area is 115 Å². The Morgan fingerprint density at radius 2 is 2.10 bits per heavy atom. The average molecular weight is 284 g/mol. The second-order valence-electron chi connectivity index (χ2n) is 4.96. The number of carbonyl (C=O) groups is 1. The van der Waals surface area contributed by atoms with E-state index in [1.54, 1.807) is 20.8 Å². The Bertz CT molecular complexity index is 526. The summed E-state index contributed by atoms with van der Waals surface area (Å²) >= 11 is 0. The minimum Gasteiger partial charge on any atom is -0.480 e. The standard InChI is InChI=1S/C11H16N4O5/c1-11(2,3)14(5-7(16)17)9-8(15(18)19)10(20-4)13-6-12-9/h6H,5H2,1-4H3,(H,16,17). The molecular weight excluding hydrogens is 268 g/mol. The van der Waals surface area contributed by atoms with E-state index in [2.05, 4.69) is 9.97 Å². The second-order valence-corrected chi connectivity index (χ2v) is 4.96. The predicted octanol–water partition coefficient (Wildman–Crippen LogP) is 1.08. The summed E-state index contributed by atoms with van der Waals surface area (Å²) in [5.74, 6) is -1.41. The molecule has 0 saturated heterocycles. The first-order valence-corrected chi connectivity index (χ1v) is 5.71. The van der Waals surface area contributed by atoms with Gasteiger partial charge in [0.2, 0.25) is 5.82 Å². The predicted molar refractivity (Wildman–Crippen MR) is 70.0 cm³/mol. The van der Waals surface area contributed by atoms with Crippen molar-refractivity contribution in [1.82, 2.24) is 9.97 Å². The fourth-order valence-electron chi connectivity index (χ4n) is 1.63. The van der Waals surface area contributed by atoms with Gasteiger partial charge < -0.3 is 14.7 Å². The minimum absolute atomic E-state index is 0.0863. The van der Waals surface area contributed by atoms with E-state index in [1.165, 1.54) is 12.0 Å². The molecule has 0 aliphatic carbocycles. The van der Waals surface area contributed by atoms with Crippen LogP contribution in [0.25, 0.3) is 0 Å². The average Bonchev–Trinajstić information content (AvgIpc) is 2.33. The molecule has 0 radical (unpaired) electrons. The summed E-state index contributed by atoms with van der Waals surface area (Å²) in [4.78, 5) is 30.3. The zero-order chi connectivity index (χ0) is 15.5. The number of ether oxygens (including phenoxy) is 1. The molecule has 0 unspecified atom stereocenters. The number of anilines is 1. The highest BCUT2D eigenvalue weighted by molar-refractivity contribution is 5.76. The van der Waals surface area contributed by atoms with Crippen LogP contribution >= 0.6 is 0 Å². The van der Waals surface area contributed by atoms with Gasteiger partial charge in [0.05, 0.1) is 12.0 Å². The first-order chi connectivity index (χ1) is 9.18. The highest BCUT2D eigenvalue weighted by Gasteiger charge is 2.34. The maximum atomic E-state index is 11.2. The number of carboxylic acid groups (broad SMARTS) is 1. The monoisotopic (exact) mass is 284 g/mol. The van der Waals surface area contributed by atoms with Crippen molar-refractivity contribution in [2.75, 3.05) is 18.6 Å². The number of methoxy groups -OCH3 is 1. The molecule has 9 heteroatoms. The van der Waals surface area contributed by atoms with Gasteiger partial charge in [0.15, 0.2) is 0 Å². The SMILES string of the molecule is COc1ncnc(N(CC(=O)O)C(C)(C)C)c1[N+](=O)[O-]. The maximum Gasteiger partial charge on any atom is 0.372 e. The number of hydrogen-bond donors (Lipinski definition) is 1. The largest absolute Gasteiger partial charge is 0.480 e. The molecule has 0 bridgehead atoms. The van der Waals surface area contributed by atoms with Crippen LogP contribution in [-0.4, -0.2) is 45.2 Å². The van der Waals surface area contributed by atoms with E-state index in [-0.39, 0.29) is 11.7 Å². The van der Waals surface area contributed by atoms with Crippen molar-refractivity contribution in [2.24, 2.45) is 0 Å². The Morgan fingerprint density at radius 1 is 1.50 bits per heavy atom. The third-order valence-electron chi connectivity index (χ3n) is 2.50. The summed E-state index contributed by atoms with van der Waals surface area (Å²) < 4.78 is 4.85. The van der Waals surface area contributed by atoms with Crippen molar-refractivity contribution in [3.8, 4) is 5.88 Å². The molecule has 1 heterocycles. The lowest BCUT2D eigenvalue weighted by Crippen LogP contribution is -2.45. The van der Waals surface area contributed by atoms with Gasteiger partial charge in [-0.15, -0.1) is 0 Å². The zero-order valence-electron chi connectivity index (χ0n) is 11.7. The van der Waals surface area contributed by atoms with E-state index in [0.717, 1.165) is 6.33 Å². The molecule has 0 aliphatic heterocycles. The van der Waals surface area contributed by atoms with Gasteiger partial charge in [-0.2, -0.15) is 4.98 Å². The molecule has 0 aliphatic rings. The number of aromatic nitrogens is 2. The molecule has 1 N–H and O–H groups in total. The van der Waals surface area contributed by atoms with E-state index in [9.17, 15) is 14.9 Å². The molecule has 1 rings (SSSR count).